The third-order valence-electron chi connectivity index (χ3n) is 3.87. The highest BCUT2D eigenvalue weighted by Crippen LogP contribution is 2.17. The summed E-state index contributed by atoms with van der Waals surface area (Å²) in [7, 11) is 0. The summed E-state index contributed by atoms with van der Waals surface area (Å²) >= 11 is 0. The predicted octanol–water partition coefficient (Wildman–Crippen LogP) is 2.49. The van der Waals surface area contributed by atoms with E-state index in [1.54, 1.807) is 6.07 Å². The van der Waals surface area contributed by atoms with Crippen LogP contribution in [0.25, 0.3) is 11.0 Å². The number of amides is 2. The molecule has 7 heteroatoms. The molecule has 2 aromatic carbocycles. The number of halogens is 1. The summed E-state index contributed by atoms with van der Waals surface area (Å²) in [6.45, 7) is 1.94. The Balaban J connectivity index is 1.80. The lowest BCUT2D eigenvalue weighted by molar-refractivity contribution is -0.119. The number of nitrogens with zero attached hydrogens (tertiary/aromatic N) is 2. The highest BCUT2D eigenvalue weighted by Gasteiger charge is 2.14. The molecule has 6 nitrogen and oxygen atoms in total. The van der Waals surface area contributed by atoms with Crippen LogP contribution < -0.4 is 10.6 Å². The van der Waals surface area contributed by atoms with Gasteiger partial charge in [0.2, 0.25) is 11.8 Å². The minimum Gasteiger partial charge on any atom is -0.356 e. The van der Waals surface area contributed by atoms with Crippen LogP contribution >= 0.6 is 0 Å². The number of fused-ring (bicyclic) bond motifs is 1. The minimum absolute atomic E-state index is 0.0480. The van der Waals surface area contributed by atoms with Crippen molar-refractivity contribution in [2.45, 2.75) is 19.9 Å². The van der Waals surface area contributed by atoms with Crippen molar-refractivity contribution in [3.8, 4) is 0 Å². The number of nitrogens with one attached hydrogen (secondary N) is 2. The van der Waals surface area contributed by atoms with Gasteiger partial charge in [0.05, 0.1) is 11.0 Å². The van der Waals surface area contributed by atoms with Gasteiger partial charge in [-0.2, -0.15) is 0 Å². The molecule has 0 saturated carbocycles. The Bertz CT molecular complexity index is 952. The average Bonchev–Trinajstić information content (AvgIpc) is 2.92. The van der Waals surface area contributed by atoms with Crippen LogP contribution in [0, 0.1) is 5.82 Å². The van der Waals surface area contributed by atoms with Crippen molar-refractivity contribution in [2.75, 3.05) is 11.9 Å². The molecule has 3 aromatic rings. The summed E-state index contributed by atoms with van der Waals surface area (Å²) in [5.41, 5.74) is 2.02. The number of imidazole rings is 1. The van der Waals surface area contributed by atoms with Crippen LogP contribution in [0.4, 0.5) is 10.1 Å². The molecule has 0 aliphatic carbocycles. The second-order valence-corrected chi connectivity index (χ2v) is 5.89. The van der Waals surface area contributed by atoms with Crippen LogP contribution in [-0.4, -0.2) is 27.9 Å². The Kier molecular flexibility index (Phi) is 5.26. The van der Waals surface area contributed by atoms with Gasteiger partial charge in [0.25, 0.3) is 0 Å². The van der Waals surface area contributed by atoms with E-state index in [-0.39, 0.29) is 18.4 Å². The maximum Gasteiger partial charge on any atom is 0.244 e. The van der Waals surface area contributed by atoms with E-state index in [1.165, 1.54) is 25.1 Å². The summed E-state index contributed by atoms with van der Waals surface area (Å²) in [5.74, 6) is -0.0998. The van der Waals surface area contributed by atoms with Gasteiger partial charge in [0.15, 0.2) is 0 Å². The molecule has 0 unspecified atom stereocenters. The summed E-state index contributed by atoms with van der Waals surface area (Å²) in [4.78, 5) is 28.0. The maximum absolute atomic E-state index is 13.3. The number of rotatable bonds is 6. The topological polar surface area (TPSA) is 76.0 Å². The average molecular weight is 354 g/mol. The molecule has 3 rings (SSSR count). The Morgan fingerprint density at radius 3 is 2.73 bits per heavy atom. The fourth-order valence-corrected chi connectivity index (χ4v) is 2.75. The van der Waals surface area contributed by atoms with Crippen LogP contribution in [0.5, 0.6) is 0 Å². The van der Waals surface area contributed by atoms with Gasteiger partial charge in [0, 0.05) is 25.6 Å². The van der Waals surface area contributed by atoms with Crippen molar-refractivity contribution in [1.82, 2.24) is 14.9 Å². The zero-order chi connectivity index (χ0) is 18.5. The number of aromatic nitrogens is 2. The molecule has 1 heterocycles. The standard InChI is InChI=1S/C19H19FN4O2/c1-13(25)21-10-9-18-23-16-7-2-3-8-17(16)24(18)12-19(26)22-15-6-4-5-14(20)11-15/h2-8,11H,9-10,12H2,1H3,(H,21,25)(H,22,26). The van der Waals surface area contributed by atoms with E-state index in [1.807, 2.05) is 28.8 Å². The third kappa shape index (κ3) is 4.24. The van der Waals surface area contributed by atoms with E-state index in [0.717, 1.165) is 11.0 Å². The summed E-state index contributed by atoms with van der Waals surface area (Å²) in [5, 5.41) is 5.42. The van der Waals surface area contributed by atoms with Crippen LogP contribution in [0.15, 0.2) is 48.5 Å². The number of para-hydroxylation sites is 2. The molecule has 1 aromatic heterocycles. The Morgan fingerprint density at radius 1 is 1.15 bits per heavy atom. The maximum atomic E-state index is 13.3. The fraction of sp³-hybridized carbons (Fsp3) is 0.211. The molecule has 2 N–H and O–H groups in total. The Hall–Kier alpha value is -3.22. The second-order valence-electron chi connectivity index (χ2n) is 5.89. The van der Waals surface area contributed by atoms with Gasteiger partial charge in [-0.05, 0) is 30.3 Å². The predicted molar refractivity (Wildman–Crippen MR) is 97.2 cm³/mol. The number of benzene rings is 2. The molecule has 0 radical (unpaired) electrons. The van der Waals surface area contributed by atoms with Crippen molar-refractivity contribution in [3.05, 3.63) is 60.2 Å². The number of hydrogen-bond acceptors (Lipinski definition) is 3. The zero-order valence-electron chi connectivity index (χ0n) is 14.3. The van der Waals surface area contributed by atoms with Crippen LogP contribution in [0.2, 0.25) is 0 Å². The van der Waals surface area contributed by atoms with Gasteiger partial charge in [0.1, 0.15) is 18.2 Å². The van der Waals surface area contributed by atoms with E-state index in [9.17, 15) is 14.0 Å². The Morgan fingerprint density at radius 2 is 1.96 bits per heavy atom. The van der Waals surface area contributed by atoms with E-state index >= 15 is 0 Å². The lowest BCUT2D eigenvalue weighted by Gasteiger charge is -2.10. The molecule has 134 valence electrons. The van der Waals surface area contributed by atoms with Crippen molar-refractivity contribution in [3.63, 3.8) is 0 Å². The Labute approximate surface area is 150 Å². The minimum atomic E-state index is -0.410. The second kappa shape index (κ2) is 7.77. The molecule has 0 atom stereocenters. The first kappa shape index (κ1) is 17.6. The zero-order valence-corrected chi connectivity index (χ0v) is 14.3. The summed E-state index contributed by atoms with van der Waals surface area (Å²) in [6.07, 6.45) is 0.501. The first-order chi connectivity index (χ1) is 12.5. The van der Waals surface area contributed by atoms with E-state index < -0.39 is 5.82 Å². The number of hydrogen-bond donors (Lipinski definition) is 2. The highest BCUT2D eigenvalue weighted by molar-refractivity contribution is 5.91. The quantitative estimate of drug-likeness (QED) is 0.714. The van der Waals surface area contributed by atoms with Crippen LogP contribution in [0.3, 0.4) is 0 Å². The molecular formula is C19H19FN4O2. The van der Waals surface area contributed by atoms with Crippen LogP contribution in [0.1, 0.15) is 12.7 Å². The van der Waals surface area contributed by atoms with Gasteiger partial charge >= 0.3 is 0 Å². The molecular weight excluding hydrogens is 335 g/mol. The third-order valence-corrected chi connectivity index (χ3v) is 3.87. The van der Waals surface area contributed by atoms with Gasteiger partial charge < -0.3 is 15.2 Å². The normalized spacial score (nSPS) is 10.7. The van der Waals surface area contributed by atoms with Crippen LogP contribution in [-0.2, 0) is 22.6 Å². The monoisotopic (exact) mass is 354 g/mol. The molecule has 0 bridgehead atoms. The summed E-state index contributed by atoms with van der Waals surface area (Å²) in [6, 6.07) is 13.3. The van der Waals surface area contributed by atoms with E-state index in [2.05, 4.69) is 15.6 Å². The molecule has 26 heavy (non-hydrogen) atoms. The molecule has 2 amide bonds. The first-order valence-corrected chi connectivity index (χ1v) is 8.27. The lowest BCUT2D eigenvalue weighted by atomic mass is 10.3. The number of carbonyl (C=O) groups excluding carboxylic acids is 2. The molecule has 0 fully saturated rings. The van der Waals surface area contributed by atoms with Crippen molar-refractivity contribution < 1.29 is 14.0 Å². The highest BCUT2D eigenvalue weighted by atomic mass is 19.1. The molecule has 0 aliphatic heterocycles. The van der Waals surface area contributed by atoms with Gasteiger partial charge in [-0.25, -0.2) is 9.37 Å². The summed E-state index contributed by atoms with van der Waals surface area (Å²) < 4.78 is 15.1. The molecule has 0 spiro atoms. The van der Waals surface area contributed by atoms with Crippen molar-refractivity contribution in [2.24, 2.45) is 0 Å². The number of anilines is 1. The molecule has 0 aliphatic rings. The van der Waals surface area contributed by atoms with E-state index in [0.29, 0.717) is 24.5 Å². The molecule has 0 saturated heterocycles. The van der Waals surface area contributed by atoms with Gasteiger partial charge in [-0.3, -0.25) is 9.59 Å². The van der Waals surface area contributed by atoms with Gasteiger partial charge in [-0.1, -0.05) is 18.2 Å². The largest absolute Gasteiger partial charge is 0.356 e. The van der Waals surface area contributed by atoms with Gasteiger partial charge in [-0.15, -0.1) is 0 Å². The first-order valence-electron chi connectivity index (χ1n) is 8.27. The smallest absolute Gasteiger partial charge is 0.244 e. The van der Waals surface area contributed by atoms with Crippen molar-refractivity contribution >= 4 is 28.5 Å². The lowest BCUT2D eigenvalue weighted by Crippen LogP contribution is -2.25. The van der Waals surface area contributed by atoms with E-state index in [4.69, 9.17) is 0 Å². The fourth-order valence-electron chi connectivity index (χ4n) is 2.75. The van der Waals surface area contributed by atoms with Crippen molar-refractivity contribution in [1.29, 1.82) is 0 Å². The SMILES string of the molecule is CC(=O)NCCc1nc2ccccc2n1CC(=O)Nc1cccc(F)c1. The number of carbonyl (C=O) groups is 2.